The minimum absolute atomic E-state index is 0.186. The van der Waals surface area contributed by atoms with E-state index in [-0.39, 0.29) is 12.1 Å². The molecule has 4 nitrogen and oxygen atoms in total. The number of amidine groups is 1. The van der Waals surface area contributed by atoms with Crippen LogP contribution >= 0.6 is 23.4 Å². The van der Waals surface area contributed by atoms with E-state index in [1.54, 1.807) is 6.07 Å². The van der Waals surface area contributed by atoms with Crippen LogP contribution in [0.5, 0.6) is 0 Å². The van der Waals surface area contributed by atoms with E-state index in [0.29, 0.717) is 17.2 Å². The molecule has 1 aromatic rings. The van der Waals surface area contributed by atoms with Gasteiger partial charge in [0.25, 0.3) is 5.91 Å². The van der Waals surface area contributed by atoms with Gasteiger partial charge in [-0.15, -0.1) is 0 Å². The number of nitrogens with two attached hydrogens (primary N) is 1. The van der Waals surface area contributed by atoms with E-state index in [2.05, 4.69) is 10.3 Å². The number of allylic oxidation sites excluding steroid dienone is 4. The summed E-state index contributed by atoms with van der Waals surface area (Å²) in [4.78, 5) is 16.9. The van der Waals surface area contributed by atoms with Crippen LogP contribution < -0.4 is 11.1 Å². The van der Waals surface area contributed by atoms with Crippen molar-refractivity contribution < 1.29 is 18.0 Å². The molecule has 9 heteroatoms. The van der Waals surface area contributed by atoms with Crippen molar-refractivity contribution >= 4 is 40.1 Å². The molecular formula is C19H17ClF3N3OS. The Kier molecular flexibility index (Phi) is 5.90. The second-order valence-electron chi connectivity index (χ2n) is 6.52. The van der Waals surface area contributed by atoms with Crippen molar-refractivity contribution in [3.63, 3.8) is 0 Å². The number of benzene rings is 1. The van der Waals surface area contributed by atoms with Crippen LogP contribution in [0.25, 0.3) is 0 Å². The third-order valence-corrected chi connectivity index (χ3v) is 5.71. The van der Waals surface area contributed by atoms with E-state index < -0.39 is 39.5 Å². The number of carbonyl (C=O) groups excluding carboxylic acids is 1. The summed E-state index contributed by atoms with van der Waals surface area (Å²) in [6, 6.07) is 4.15. The quantitative estimate of drug-likeness (QED) is 0.710. The van der Waals surface area contributed by atoms with Crippen molar-refractivity contribution in [2.75, 3.05) is 11.1 Å². The highest BCUT2D eigenvalue weighted by Gasteiger charge is 2.31. The Morgan fingerprint density at radius 1 is 1.36 bits per heavy atom. The van der Waals surface area contributed by atoms with Crippen molar-refractivity contribution in [1.82, 2.24) is 0 Å². The number of aliphatic imine (C=N–C) groups is 1. The lowest BCUT2D eigenvalue weighted by Gasteiger charge is -2.30. The molecule has 1 aromatic carbocycles. The second kappa shape index (κ2) is 8.05. The van der Waals surface area contributed by atoms with Crippen LogP contribution in [0.4, 0.5) is 18.9 Å². The van der Waals surface area contributed by atoms with Gasteiger partial charge >= 0.3 is 0 Å². The number of nitrogens with one attached hydrogen (secondary N) is 1. The standard InChI is InChI=1S/C19H17ClF3N3OS/c1-19(7-8-28-18(24)26-19)10-5-6-11(21)14(9-10)25-17(27)15-12(22)3-2-4-13(23)16(15)20/h2-3,5-6,9H,4,7-8H2,1H3,(H2,24,26)(H,25,27). The molecule has 0 radical (unpaired) electrons. The summed E-state index contributed by atoms with van der Waals surface area (Å²) in [5.41, 5.74) is 4.90. The molecule has 1 unspecified atom stereocenters. The zero-order chi connectivity index (χ0) is 20.5. The van der Waals surface area contributed by atoms with Gasteiger partial charge in [-0.25, -0.2) is 13.2 Å². The van der Waals surface area contributed by atoms with Gasteiger partial charge in [0.2, 0.25) is 0 Å². The van der Waals surface area contributed by atoms with Gasteiger partial charge in [-0.05, 0) is 37.1 Å². The van der Waals surface area contributed by atoms with Crippen LogP contribution in [0.2, 0.25) is 0 Å². The predicted octanol–water partition coefficient (Wildman–Crippen LogP) is 5.03. The van der Waals surface area contributed by atoms with Crippen molar-refractivity contribution in [3.8, 4) is 0 Å². The van der Waals surface area contributed by atoms with Crippen molar-refractivity contribution in [1.29, 1.82) is 0 Å². The first-order chi connectivity index (χ1) is 13.2. The van der Waals surface area contributed by atoms with Crippen LogP contribution in [-0.2, 0) is 10.3 Å². The van der Waals surface area contributed by atoms with Crippen molar-refractivity contribution in [3.05, 3.63) is 64.0 Å². The summed E-state index contributed by atoms with van der Waals surface area (Å²) < 4.78 is 42.3. The van der Waals surface area contributed by atoms with E-state index in [4.69, 9.17) is 17.3 Å². The van der Waals surface area contributed by atoms with Crippen molar-refractivity contribution in [2.45, 2.75) is 25.3 Å². The molecule has 148 valence electrons. The third kappa shape index (κ3) is 4.12. The Bertz CT molecular complexity index is 958. The highest BCUT2D eigenvalue weighted by atomic mass is 35.5. The fourth-order valence-electron chi connectivity index (χ4n) is 2.92. The summed E-state index contributed by atoms with van der Waals surface area (Å²) >= 11 is 7.23. The molecule has 0 fully saturated rings. The highest BCUT2D eigenvalue weighted by Crippen LogP contribution is 2.37. The zero-order valence-corrected chi connectivity index (χ0v) is 16.4. The third-order valence-electron chi connectivity index (χ3n) is 4.52. The van der Waals surface area contributed by atoms with Gasteiger partial charge in [0, 0.05) is 12.2 Å². The summed E-state index contributed by atoms with van der Waals surface area (Å²) in [6.07, 6.45) is 2.60. The van der Waals surface area contributed by atoms with Crippen molar-refractivity contribution in [2.24, 2.45) is 10.7 Å². The van der Waals surface area contributed by atoms with E-state index in [1.165, 1.54) is 30.0 Å². The number of thioether (sulfide) groups is 1. The first-order valence-corrected chi connectivity index (χ1v) is 9.78. The lowest BCUT2D eigenvalue weighted by molar-refractivity contribution is -0.112. The number of hydrogen-bond donors (Lipinski definition) is 2. The number of halogens is 4. The summed E-state index contributed by atoms with van der Waals surface area (Å²) in [7, 11) is 0. The van der Waals surface area contributed by atoms with Gasteiger partial charge in [-0.3, -0.25) is 9.79 Å². The molecule has 2 aliphatic rings. The number of rotatable bonds is 3. The summed E-state index contributed by atoms with van der Waals surface area (Å²) in [6.45, 7) is 1.85. The largest absolute Gasteiger partial charge is 0.379 e. The molecule has 1 atom stereocenters. The fraction of sp³-hybridized carbons (Fsp3) is 0.263. The van der Waals surface area contributed by atoms with Crippen LogP contribution in [0, 0.1) is 5.82 Å². The molecule has 28 heavy (non-hydrogen) atoms. The van der Waals surface area contributed by atoms with Crippen LogP contribution in [-0.4, -0.2) is 16.8 Å². The van der Waals surface area contributed by atoms with Crippen LogP contribution in [0.3, 0.4) is 0 Å². The topological polar surface area (TPSA) is 67.5 Å². The van der Waals surface area contributed by atoms with Crippen LogP contribution in [0.1, 0.15) is 25.3 Å². The Hall–Kier alpha value is -2.19. The zero-order valence-electron chi connectivity index (χ0n) is 14.9. The maximum absolute atomic E-state index is 14.3. The molecule has 0 saturated heterocycles. The second-order valence-corrected chi connectivity index (χ2v) is 8.01. The monoisotopic (exact) mass is 427 g/mol. The Morgan fingerprint density at radius 2 is 2.11 bits per heavy atom. The molecule has 0 saturated carbocycles. The number of amides is 1. The molecule has 0 aromatic heterocycles. The molecule has 0 bridgehead atoms. The SMILES string of the molecule is CC1(c2ccc(F)c(NC(=O)C3=C(F)C=CCC(F)=C3Cl)c2)CCSC(N)=N1. The molecule has 1 amide bonds. The number of anilines is 1. The first-order valence-electron chi connectivity index (χ1n) is 8.41. The van der Waals surface area contributed by atoms with Gasteiger partial charge < -0.3 is 11.1 Å². The van der Waals surface area contributed by atoms with Gasteiger partial charge in [-0.2, -0.15) is 0 Å². The van der Waals surface area contributed by atoms with E-state index in [1.807, 2.05) is 6.92 Å². The fourth-order valence-corrected chi connectivity index (χ4v) is 4.15. The van der Waals surface area contributed by atoms with Crippen LogP contribution in [0.15, 0.2) is 57.6 Å². The average molecular weight is 428 g/mol. The molecule has 1 aliphatic heterocycles. The minimum Gasteiger partial charge on any atom is -0.379 e. The average Bonchev–Trinajstić information content (AvgIpc) is 2.75. The van der Waals surface area contributed by atoms with E-state index in [9.17, 15) is 18.0 Å². The number of hydrogen-bond acceptors (Lipinski definition) is 4. The lowest BCUT2D eigenvalue weighted by Crippen LogP contribution is -2.29. The maximum atomic E-state index is 14.3. The number of carbonyl (C=O) groups is 1. The molecule has 0 spiro atoms. The molecule has 1 aliphatic carbocycles. The van der Waals surface area contributed by atoms with E-state index >= 15 is 0 Å². The highest BCUT2D eigenvalue weighted by molar-refractivity contribution is 8.13. The smallest absolute Gasteiger partial charge is 0.260 e. The normalized spacial score (nSPS) is 22.8. The van der Waals surface area contributed by atoms with Gasteiger partial charge in [0.15, 0.2) is 5.17 Å². The first kappa shape index (κ1) is 20.5. The minimum atomic E-state index is -1.05. The Labute approximate surface area is 169 Å². The lowest BCUT2D eigenvalue weighted by atomic mass is 9.89. The molecular weight excluding hydrogens is 411 g/mol. The van der Waals surface area contributed by atoms with Gasteiger partial charge in [-0.1, -0.05) is 35.5 Å². The predicted molar refractivity (Wildman–Crippen MR) is 107 cm³/mol. The maximum Gasteiger partial charge on any atom is 0.260 e. The summed E-state index contributed by atoms with van der Waals surface area (Å²) in [5, 5.41) is 2.07. The Balaban J connectivity index is 1.95. The molecule has 3 rings (SSSR count). The Morgan fingerprint density at radius 3 is 2.82 bits per heavy atom. The van der Waals surface area contributed by atoms with Gasteiger partial charge in [0.1, 0.15) is 17.5 Å². The van der Waals surface area contributed by atoms with E-state index in [0.717, 1.165) is 11.8 Å². The number of nitrogens with zero attached hydrogens (tertiary/aromatic N) is 1. The van der Waals surface area contributed by atoms with Gasteiger partial charge in [0.05, 0.1) is 21.8 Å². The summed E-state index contributed by atoms with van der Waals surface area (Å²) in [5.74, 6) is -2.88. The molecule has 3 N–H and O–H groups in total. The molecule has 1 heterocycles.